The number of hydrogen-bond donors (Lipinski definition) is 3. The second-order valence-corrected chi connectivity index (χ2v) is 8.68. The van der Waals surface area contributed by atoms with Crippen molar-refractivity contribution in [1.82, 2.24) is 9.88 Å². The fraction of sp³-hybridized carbons (Fsp3) is 0.320. The molecule has 0 aliphatic heterocycles. The van der Waals surface area contributed by atoms with E-state index in [1.807, 2.05) is 0 Å². The van der Waals surface area contributed by atoms with Gasteiger partial charge in [0.05, 0.1) is 18.7 Å². The Morgan fingerprint density at radius 2 is 1.86 bits per heavy atom. The van der Waals surface area contributed by atoms with Crippen molar-refractivity contribution < 1.29 is 36.6 Å². The molecule has 1 aliphatic carbocycles. The Bertz CT molecular complexity index is 1290. The average Bonchev–Trinajstić information content (AvgIpc) is 3.21. The first kappa shape index (κ1) is 25.5. The molecule has 3 atom stereocenters. The quantitative estimate of drug-likeness (QED) is 0.422. The number of ether oxygens (including phenoxy) is 1. The zero-order valence-corrected chi connectivity index (χ0v) is 19.4. The highest BCUT2D eigenvalue weighted by molar-refractivity contribution is 5.99. The second-order valence-electron chi connectivity index (χ2n) is 8.68. The molecule has 0 bridgehead atoms. The van der Waals surface area contributed by atoms with Gasteiger partial charge in [0.1, 0.15) is 11.6 Å². The summed E-state index contributed by atoms with van der Waals surface area (Å²) >= 11 is 0. The predicted molar refractivity (Wildman–Crippen MR) is 122 cm³/mol. The summed E-state index contributed by atoms with van der Waals surface area (Å²) in [4.78, 5) is 13.2. The first-order chi connectivity index (χ1) is 16.9. The standard InChI is InChI=1S/C25H24F5N3O3/c1-3-13-12-24(35,25(28,29)30)21(16-8-9-18(27)20(36-2)19(13)16)32-23(34)17-10-11-33(22(17)31)15-6-4-14(26)5-7-15/h4-11,13,21,35H,3,12,31H2,1-2H3,(H,32,34)/t13-,21+,24-/m1/s1. The fourth-order valence-electron chi connectivity index (χ4n) is 4.82. The zero-order chi connectivity index (χ0) is 26.4. The molecule has 1 amide bonds. The van der Waals surface area contributed by atoms with Gasteiger partial charge in [0.2, 0.25) is 0 Å². The third-order valence-corrected chi connectivity index (χ3v) is 6.67. The number of alkyl halides is 3. The highest BCUT2D eigenvalue weighted by Crippen LogP contribution is 2.54. The van der Waals surface area contributed by atoms with Crippen molar-refractivity contribution >= 4 is 11.7 Å². The fourth-order valence-corrected chi connectivity index (χ4v) is 4.82. The van der Waals surface area contributed by atoms with E-state index in [2.05, 4.69) is 5.32 Å². The third-order valence-electron chi connectivity index (χ3n) is 6.67. The summed E-state index contributed by atoms with van der Waals surface area (Å²) < 4.78 is 77.0. The zero-order valence-electron chi connectivity index (χ0n) is 19.4. The van der Waals surface area contributed by atoms with Gasteiger partial charge in [-0.3, -0.25) is 4.79 Å². The molecular weight excluding hydrogens is 485 g/mol. The number of nitrogen functional groups attached to an aromatic ring is 1. The van der Waals surface area contributed by atoms with Crippen molar-refractivity contribution in [2.45, 2.75) is 43.5 Å². The van der Waals surface area contributed by atoms with E-state index in [1.54, 1.807) is 6.92 Å². The maximum atomic E-state index is 14.5. The van der Waals surface area contributed by atoms with Gasteiger partial charge in [-0.1, -0.05) is 13.0 Å². The molecule has 0 unspecified atom stereocenters. The number of methoxy groups -OCH3 is 1. The minimum Gasteiger partial charge on any atom is -0.493 e. The van der Waals surface area contributed by atoms with Gasteiger partial charge < -0.3 is 25.5 Å². The van der Waals surface area contributed by atoms with Crippen LogP contribution in [0.15, 0.2) is 48.7 Å². The van der Waals surface area contributed by atoms with Crippen LogP contribution in [-0.4, -0.2) is 34.5 Å². The third kappa shape index (κ3) is 4.06. The number of nitrogens with two attached hydrogens (primary N) is 1. The minimum absolute atomic E-state index is 0.101. The Morgan fingerprint density at radius 1 is 1.19 bits per heavy atom. The number of fused-ring (bicyclic) bond motifs is 1. The molecule has 0 saturated carbocycles. The molecule has 0 saturated heterocycles. The van der Waals surface area contributed by atoms with E-state index in [9.17, 15) is 31.9 Å². The number of rotatable bonds is 5. The highest BCUT2D eigenvalue weighted by Gasteiger charge is 2.63. The number of anilines is 1. The molecule has 2 aromatic carbocycles. The molecule has 4 N–H and O–H groups in total. The smallest absolute Gasteiger partial charge is 0.419 e. The first-order valence-electron chi connectivity index (χ1n) is 11.1. The van der Waals surface area contributed by atoms with Crippen molar-refractivity contribution in [3.63, 3.8) is 0 Å². The number of nitrogens with zero attached hydrogens (tertiary/aromatic N) is 1. The number of hydrogen-bond acceptors (Lipinski definition) is 4. The summed E-state index contributed by atoms with van der Waals surface area (Å²) in [7, 11) is 1.20. The van der Waals surface area contributed by atoms with Gasteiger partial charge in [-0.25, -0.2) is 8.78 Å². The van der Waals surface area contributed by atoms with E-state index in [0.29, 0.717) is 5.69 Å². The van der Waals surface area contributed by atoms with Gasteiger partial charge in [0.25, 0.3) is 5.91 Å². The van der Waals surface area contributed by atoms with Gasteiger partial charge in [0.15, 0.2) is 17.2 Å². The van der Waals surface area contributed by atoms with Crippen molar-refractivity contribution in [2.24, 2.45) is 0 Å². The number of amides is 1. The number of halogens is 5. The number of aromatic nitrogens is 1. The lowest BCUT2D eigenvalue weighted by molar-refractivity contribution is -0.277. The Hall–Kier alpha value is -3.60. The lowest BCUT2D eigenvalue weighted by Crippen LogP contribution is -2.58. The summed E-state index contributed by atoms with van der Waals surface area (Å²) in [6.45, 7) is 1.62. The van der Waals surface area contributed by atoms with E-state index in [0.717, 1.165) is 12.1 Å². The number of carbonyl (C=O) groups is 1. The Balaban J connectivity index is 1.79. The summed E-state index contributed by atoms with van der Waals surface area (Å²) in [5.41, 5.74) is 3.08. The molecule has 1 aliphatic rings. The molecule has 1 heterocycles. The van der Waals surface area contributed by atoms with Gasteiger partial charge >= 0.3 is 6.18 Å². The summed E-state index contributed by atoms with van der Waals surface area (Å²) in [6, 6.07) is 6.59. The van der Waals surface area contributed by atoms with E-state index >= 15 is 0 Å². The first-order valence-corrected chi connectivity index (χ1v) is 11.1. The van der Waals surface area contributed by atoms with Crippen LogP contribution in [0.4, 0.5) is 27.8 Å². The molecule has 0 radical (unpaired) electrons. The largest absolute Gasteiger partial charge is 0.493 e. The molecule has 11 heteroatoms. The maximum absolute atomic E-state index is 14.5. The number of aliphatic hydroxyl groups is 1. The molecular formula is C25H24F5N3O3. The van der Waals surface area contributed by atoms with Crippen LogP contribution in [0.3, 0.4) is 0 Å². The van der Waals surface area contributed by atoms with Crippen LogP contribution >= 0.6 is 0 Å². The van der Waals surface area contributed by atoms with Gasteiger partial charge in [-0.05, 0) is 60.7 Å². The Kier molecular flexibility index (Phi) is 6.46. The lowest BCUT2D eigenvalue weighted by Gasteiger charge is -2.45. The lowest BCUT2D eigenvalue weighted by atomic mass is 9.69. The summed E-state index contributed by atoms with van der Waals surface area (Å²) in [5.74, 6) is -3.45. The number of nitrogens with one attached hydrogen (secondary N) is 1. The minimum atomic E-state index is -5.12. The van der Waals surface area contributed by atoms with Crippen LogP contribution in [0, 0.1) is 11.6 Å². The van der Waals surface area contributed by atoms with Crippen molar-refractivity contribution in [2.75, 3.05) is 12.8 Å². The van der Waals surface area contributed by atoms with Crippen molar-refractivity contribution in [3.8, 4) is 11.4 Å². The summed E-state index contributed by atoms with van der Waals surface area (Å²) in [6.07, 6.45) is -4.35. The monoisotopic (exact) mass is 509 g/mol. The average molecular weight is 509 g/mol. The maximum Gasteiger partial charge on any atom is 0.419 e. The number of carbonyl (C=O) groups excluding carboxylic acids is 1. The second kappa shape index (κ2) is 9.12. The molecule has 0 spiro atoms. The normalized spacial score (nSPS) is 21.7. The highest BCUT2D eigenvalue weighted by atomic mass is 19.4. The van der Waals surface area contributed by atoms with Gasteiger partial charge in [-0.15, -0.1) is 0 Å². The SMILES string of the molecule is CC[C@@H]1C[C@](O)(C(F)(F)F)[C@@H](NC(=O)c2ccn(-c3ccc(F)cc3)c2N)c2ccc(F)c(OC)c21. The molecule has 36 heavy (non-hydrogen) atoms. The predicted octanol–water partition coefficient (Wildman–Crippen LogP) is 5.01. The van der Waals surface area contributed by atoms with E-state index in [1.165, 1.54) is 48.2 Å². The van der Waals surface area contributed by atoms with Crippen LogP contribution in [0.25, 0.3) is 5.69 Å². The Labute approximate surface area is 203 Å². The molecule has 192 valence electrons. The van der Waals surface area contributed by atoms with Crippen LogP contribution < -0.4 is 15.8 Å². The molecule has 0 fully saturated rings. The van der Waals surface area contributed by atoms with E-state index in [-0.39, 0.29) is 34.7 Å². The van der Waals surface area contributed by atoms with Crippen LogP contribution in [-0.2, 0) is 0 Å². The van der Waals surface area contributed by atoms with Crippen LogP contribution in [0.5, 0.6) is 5.75 Å². The van der Waals surface area contributed by atoms with Gasteiger partial charge in [0, 0.05) is 17.4 Å². The molecule has 3 aromatic rings. The topological polar surface area (TPSA) is 89.5 Å². The summed E-state index contributed by atoms with van der Waals surface area (Å²) in [5, 5.41) is 13.3. The molecule has 6 nitrogen and oxygen atoms in total. The molecule has 1 aromatic heterocycles. The molecule has 4 rings (SSSR count). The van der Waals surface area contributed by atoms with Crippen LogP contribution in [0.2, 0.25) is 0 Å². The van der Waals surface area contributed by atoms with Gasteiger partial charge in [-0.2, -0.15) is 13.2 Å². The van der Waals surface area contributed by atoms with Crippen molar-refractivity contribution in [1.29, 1.82) is 0 Å². The van der Waals surface area contributed by atoms with E-state index < -0.39 is 47.7 Å². The van der Waals surface area contributed by atoms with Crippen molar-refractivity contribution in [3.05, 3.63) is 77.0 Å². The van der Waals surface area contributed by atoms with E-state index in [4.69, 9.17) is 10.5 Å². The van der Waals surface area contributed by atoms with Crippen LogP contribution in [0.1, 0.15) is 53.2 Å². The number of benzene rings is 2. The Morgan fingerprint density at radius 3 is 2.44 bits per heavy atom.